The number of ether oxygens (including phenoxy) is 4. The number of anilines is 1. The first-order chi connectivity index (χ1) is 14.9. The fourth-order valence-electron chi connectivity index (χ4n) is 2.67. The van der Waals surface area contributed by atoms with Crippen molar-refractivity contribution in [2.45, 2.75) is 20.5 Å². The highest BCUT2D eigenvalue weighted by Gasteiger charge is 2.14. The summed E-state index contributed by atoms with van der Waals surface area (Å²) in [6, 6.07) is 7.48. The van der Waals surface area contributed by atoms with Crippen molar-refractivity contribution in [1.29, 1.82) is 5.26 Å². The summed E-state index contributed by atoms with van der Waals surface area (Å²) in [5, 5.41) is 13.7. The van der Waals surface area contributed by atoms with Gasteiger partial charge in [-0.05, 0) is 60.2 Å². The number of carbonyl (C=O) groups excluding carboxylic acids is 1. The Bertz CT molecular complexity index is 1000. The van der Waals surface area contributed by atoms with E-state index in [1.54, 1.807) is 32.4 Å². The maximum Gasteiger partial charge on any atom is 0.344 e. The summed E-state index contributed by atoms with van der Waals surface area (Å²) >= 11 is 2.09. The molecule has 164 valence electrons. The highest BCUT2D eigenvalue weighted by Crippen LogP contribution is 2.33. The Labute approximate surface area is 194 Å². The molecule has 31 heavy (non-hydrogen) atoms. The van der Waals surface area contributed by atoms with Crippen molar-refractivity contribution in [2.24, 2.45) is 5.10 Å². The van der Waals surface area contributed by atoms with Crippen LogP contribution >= 0.6 is 22.6 Å². The number of esters is 1. The lowest BCUT2D eigenvalue weighted by atomic mass is 10.1. The van der Waals surface area contributed by atoms with E-state index in [-0.39, 0.29) is 13.2 Å². The molecule has 1 aromatic heterocycles. The summed E-state index contributed by atoms with van der Waals surface area (Å²) < 4.78 is 21.7. The summed E-state index contributed by atoms with van der Waals surface area (Å²) in [5.74, 6) is 0.785. The predicted molar refractivity (Wildman–Crippen MR) is 123 cm³/mol. The lowest BCUT2D eigenvalue weighted by Crippen LogP contribution is -2.15. The molecular formula is C21H23IN4O5. The second kappa shape index (κ2) is 12.1. The van der Waals surface area contributed by atoms with E-state index in [2.05, 4.69) is 44.2 Å². The fraction of sp³-hybridized carbons (Fsp3) is 0.333. The third-order valence-electron chi connectivity index (χ3n) is 3.92. The number of nitrogens with one attached hydrogen (secondary N) is 1. The monoisotopic (exact) mass is 538 g/mol. The van der Waals surface area contributed by atoms with E-state index in [1.807, 2.05) is 13.0 Å². The SMILES string of the molecule is CCOC(=O)COc1c(I)cc(/C=N/Nc2nc(C)cc(COC)c2C#N)cc1OC. The third kappa shape index (κ3) is 6.80. The van der Waals surface area contributed by atoms with Gasteiger partial charge in [0.15, 0.2) is 23.9 Å². The zero-order valence-electron chi connectivity index (χ0n) is 17.7. The maximum atomic E-state index is 11.6. The molecule has 0 atom stereocenters. The summed E-state index contributed by atoms with van der Waals surface area (Å²) in [6.07, 6.45) is 1.57. The average molecular weight is 538 g/mol. The van der Waals surface area contributed by atoms with Crippen LogP contribution in [0.5, 0.6) is 11.5 Å². The highest BCUT2D eigenvalue weighted by molar-refractivity contribution is 14.1. The van der Waals surface area contributed by atoms with Crippen LogP contribution in [-0.2, 0) is 20.9 Å². The van der Waals surface area contributed by atoms with Gasteiger partial charge in [0, 0.05) is 18.4 Å². The van der Waals surface area contributed by atoms with E-state index in [4.69, 9.17) is 18.9 Å². The molecule has 0 unspecified atom stereocenters. The minimum atomic E-state index is -0.456. The van der Waals surface area contributed by atoms with Crippen LogP contribution in [-0.4, -0.2) is 44.6 Å². The largest absolute Gasteiger partial charge is 0.493 e. The van der Waals surface area contributed by atoms with Gasteiger partial charge < -0.3 is 18.9 Å². The number of aryl methyl sites for hydroxylation is 1. The summed E-state index contributed by atoms with van der Waals surface area (Å²) in [4.78, 5) is 15.9. The van der Waals surface area contributed by atoms with Crippen LogP contribution in [0.25, 0.3) is 0 Å². The average Bonchev–Trinajstić information content (AvgIpc) is 2.73. The normalized spacial score (nSPS) is 10.6. The Balaban J connectivity index is 2.21. The number of halogens is 1. The molecule has 1 aromatic carbocycles. The topological polar surface area (TPSA) is 115 Å². The molecule has 0 saturated carbocycles. The van der Waals surface area contributed by atoms with Gasteiger partial charge >= 0.3 is 5.97 Å². The molecule has 1 heterocycles. The lowest BCUT2D eigenvalue weighted by molar-refractivity contribution is -0.145. The number of rotatable bonds is 10. The lowest BCUT2D eigenvalue weighted by Gasteiger charge is -2.13. The van der Waals surface area contributed by atoms with Gasteiger partial charge in [0.05, 0.1) is 30.1 Å². The molecule has 0 aliphatic carbocycles. The Hall–Kier alpha value is -2.91. The Morgan fingerprint density at radius 3 is 2.77 bits per heavy atom. The molecule has 0 fully saturated rings. The first-order valence-electron chi connectivity index (χ1n) is 9.28. The molecule has 2 rings (SSSR count). The third-order valence-corrected chi connectivity index (χ3v) is 4.72. The van der Waals surface area contributed by atoms with Gasteiger partial charge in [-0.1, -0.05) is 0 Å². The second-order valence-electron chi connectivity index (χ2n) is 6.19. The minimum absolute atomic E-state index is 0.213. The number of aromatic nitrogens is 1. The van der Waals surface area contributed by atoms with Gasteiger partial charge in [-0.25, -0.2) is 9.78 Å². The van der Waals surface area contributed by atoms with Gasteiger partial charge in [0.25, 0.3) is 0 Å². The van der Waals surface area contributed by atoms with Crippen molar-refractivity contribution in [2.75, 3.05) is 32.9 Å². The van der Waals surface area contributed by atoms with Crippen molar-refractivity contribution < 1.29 is 23.7 Å². The molecule has 0 saturated heterocycles. The summed E-state index contributed by atoms with van der Waals surface area (Å²) in [7, 11) is 3.08. The van der Waals surface area contributed by atoms with Gasteiger partial charge in [-0.3, -0.25) is 5.43 Å². The summed E-state index contributed by atoms with van der Waals surface area (Å²) in [5.41, 5.74) is 5.39. The zero-order chi connectivity index (χ0) is 22.8. The van der Waals surface area contributed by atoms with E-state index in [1.165, 1.54) is 7.11 Å². The van der Waals surface area contributed by atoms with E-state index >= 15 is 0 Å². The number of carbonyl (C=O) groups is 1. The van der Waals surface area contributed by atoms with Crippen LogP contribution in [0, 0.1) is 21.8 Å². The molecule has 0 bridgehead atoms. The van der Waals surface area contributed by atoms with Gasteiger partial charge in [-0.2, -0.15) is 10.4 Å². The number of nitriles is 1. The van der Waals surface area contributed by atoms with Crippen LogP contribution in [0.3, 0.4) is 0 Å². The zero-order valence-corrected chi connectivity index (χ0v) is 19.8. The summed E-state index contributed by atoms with van der Waals surface area (Å²) in [6.45, 7) is 3.93. The first-order valence-corrected chi connectivity index (χ1v) is 10.4. The number of hydrogen-bond acceptors (Lipinski definition) is 9. The van der Waals surface area contributed by atoms with Crippen LogP contribution in [0.2, 0.25) is 0 Å². The van der Waals surface area contributed by atoms with Crippen LogP contribution in [0.15, 0.2) is 23.3 Å². The van der Waals surface area contributed by atoms with Crippen LogP contribution < -0.4 is 14.9 Å². The maximum absolute atomic E-state index is 11.6. The quantitative estimate of drug-likeness (QED) is 0.212. The number of nitrogens with zero attached hydrogens (tertiary/aromatic N) is 3. The Morgan fingerprint density at radius 1 is 1.35 bits per heavy atom. The Kier molecular flexibility index (Phi) is 9.48. The molecule has 0 spiro atoms. The Morgan fingerprint density at radius 2 is 2.13 bits per heavy atom. The highest BCUT2D eigenvalue weighted by atomic mass is 127. The van der Waals surface area contributed by atoms with E-state index in [0.29, 0.717) is 29.5 Å². The molecule has 10 heteroatoms. The molecule has 2 aromatic rings. The van der Waals surface area contributed by atoms with Crippen molar-refractivity contribution in [1.82, 2.24) is 4.98 Å². The van der Waals surface area contributed by atoms with Crippen LogP contribution in [0.4, 0.5) is 5.82 Å². The minimum Gasteiger partial charge on any atom is -0.493 e. The molecule has 0 radical (unpaired) electrons. The van der Waals surface area contributed by atoms with Crippen molar-refractivity contribution in [3.05, 3.63) is 44.2 Å². The predicted octanol–water partition coefficient (Wildman–Crippen LogP) is 3.41. The molecule has 0 amide bonds. The molecular weight excluding hydrogens is 515 g/mol. The van der Waals surface area contributed by atoms with E-state index < -0.39 is 5.97 Å². The van der Waals surface area contributed by atoms with Crippen molar-refractivity contribution >= 4 is 40.6 Å². The molecule has 1 N–H and O–H groups in total. The smallest absolute Gasteiger partial charge is 0.344 e. The number of pyridine rings is 1. The standard InChI is InChI=1S/C21H23IN4O5/c1-5-30-19(27)12-31-20-17(22)7-14(8-18(20)29-4)10-24-26-21-16(9-23)15(11-28-3)6-13(2)25-21/h6-8,10H,5,11-12H2,1-4H3,(H,25,26)/b24-10+. The van der Waals surface area contributed by atoms with Gasteiger partial charge in [0.2, 0.25) is 0 Å². The first kappa shape index (κ1) is 24.4. The molecule has 0 aliphatic rings. The van der Waals surface area contributed by atoms with E-state index in [0.717, 1.165) is 20.4 Å². The number of hydrazone groups is 1. The molecule has 0 aliphatic heterocycles. The van der Waals surface area contributed by atoms with Crippen LogP contribution in [0.1, 0.15) is 29.3 Å². The van der Waals surface area contributed by atoms with E-state index in [9.17, 15) is 10.1 Å². The van der Waals surface area contributed by atoms with Gasteiger partial charge in [0.1, 0.15) is 11.6 Å². The number of benzene rings is 1. The fourth-order valence-corrected chi connectivity index (χ4v) is 3.45. The number of hydrogen-bond donors (Lipinski definition) is 1. The molecule has 9 nitrogen and oxygen atoms in total. The second-order valence-corrected chi connectivity index (χ2v) is 7.35. The number of methoxy groups -OCH3 is 2. The van der Waals surface area contributed by atoms with Gasteiger partial charge in [-0.15, -0.1) is 0 Å². The van der Waals surface area contributed by atoms with Crippen molar-refractivity contribution in [3.63, 3.8) is 0 Å². The van der Waals surface area contributed by atoms with Crippen molar-refractivity contribution in [3.8, 4) is 17.6 Å².